The highest BCUT2D eigenvalue weighted by Crippen LogP contribution is 2.43. The summed E-state index contributed by atoms with van der Waals surface area (Å²) in [5.74, 6) is 0.506. The molecule has 1 amide bonds. The fourth-order valence-electron chi connectivity index (χ4n) is 2.22. The number of benzene rings is 2. The number of hydrogen-bond acceptors (Lipinski definition) is 2. The summed E-state index contributed by atoms with van der Waals surface area (Å²) >= 11 is 19.5. The van der Waals surface area contributed by atoms with Gasteiger partial charge in [0.1, 0.15) is 5.37 Å². The predicted octanol–water partition coefficient (Wildman–Crippen LogP) is 5.43. The summed E-state index contributed by atoms with van der Waals surface area (Å²) < 4.78 is 0. The van der Waals surface area contributed by atoms with Gasteiger partial charge in [-0.1, -0.05) is 40.9 Å². The summed E-state index contributed by atoms with van der Waals surface area (Å²) in [7, 11) is 0. The van der Waals surface area contributed by atoms with Crippen molar-refractivity contribution in [2.75, 3.05) is 10.7 Å². The van der Waals surface area contributed by atoms with E-state index in [4.69, 9.17) is 34.8 Å². The number of carbonyl (C=O) groups is 1. The van der Waals surface area contributed by atoms with Crippen LogP contribution in [-0.2, 0) is 4.79 Å². The van der Waals surface area contributed by atoms with Gasteiger partial charge in [0.15, 0.2) is 0 Å². The first-order chi connectivity index (χ1) is 10.1. The zero-order chi connectivity index (χ0) is 15.0. The van der Waals surface area contributed by atoms with Crippen LogP contribution in [0.15, 0.2) is 42.5 Å². The van der Waals surface area contributed by atoms with Crippen LogP contribution in [0.3, 0.4) is 0 Å². The molecular formula is C15H10Cl3NOS. The van der Waals surface area contributed by atoms with Gasteiger partial charge >= 0.3 is 0 Å². The van der Waals surface area contributed by atoms with Crippen molar-refractivity contribution in [3.8, 4) is 0 Å². The average Bonchev–Trinajstić information content (AvgIpc) is 2.85. The van der Waals surface area contributed by atoms with E-state index in [0.29, 0.717) is 20.8 Å². The maximum atomic E-state index is 12.2. The Kier molecular flexibility index (Phi) is 4.36. The molecule has 0 aromatic heterocycles. The summed E-state index contributed by atoms with van der Waals surface area (Å²) in [6.07, 6.45) is 0. The van der Waals surface area contributed by atoms with E-state index in [9.17, 15) is 4.79 Å². The molecule has 2 aromatic carbocycles. The van der Waals surface area contributed by atoms with Crippen molar-refractivity contribution in [1.82, 2.24) is 0 Å². The largest absolute Gasteiger partial charge is 0.295 e. The Morgan fingerprint density at radius 3 is 2.38 bits per heavy atom. The van der Waals surface area contributed by atoms with Gasteiger partial charge in [0.05, 0.1) is 15.8 Å². The smallest absolute Gasteiger partial charge is 0.238 e. The monoisotopic (exact) mass is 357 g/mol. The van der Waals surface area contributed by atoms with Crippen LogP contribution >= 0.6 is 46.6 Å². The predicted molar refractivity (Wildman–Crippen MR) is 90.6 cm³/mol. The minimum atomic E-state index is -0.103. The number of anilines is 1. The molecule has 1 atom stereocenters. The van der Waals surface area contributed by atoms with Crippen molar-refractivity contribution < 1.29 is 4.79 Å². The molecule has 1 saturated heterocycles. The number of nitrogens with zero attached hydrogens (tertiary/aromatic N) is 1. The molecule has 0 bridgehead atoms. The molecule has 2 nitrogen and oxygen atoms in total. The fraction of sp³-hybridized carbons (Fsp3) is 0.133. The molecule has 108 valence electrons. The van der Waals surface area contributed by atoms with E-state index in [1.165, 1.54) is 0 Å². The Morgan fingerprint density at radius 1 is 1.00 bits per heavy atom. The van der Waals surface area contributed by atoms with Crippen LogP contribution in [0.5, 0.6) is 0 Å². The molecule has 1 fully saturated rings. The molecule has 0 unspecified atom stereocenters. The maximum absolute atomic E-state index is 12.2. The molecule has 1 heterocycles. The highest BCUT2D eigenvalue weighted by Gasteiger charge is 2.34. The number of halogens is 3. The molecule has 3 rings (SSSR count). The molecule has 0 radical (unpaired) electrons. The van der Waals surface area contributed by atoms with Crippen molar-refractivity contribution in [3.63, 3.8) is 0 Å². The van der Waals surface area contributed by atoms with Crippen LogP contribution in [-0.4, -0.2) is 11.7 Å². The highest BCUT2D eigenvalue weighted by molar-refractivity contribution is 8.00. The Morgan fingerprint density at radius 2 is 1.71 bits per heavy atom. The lowest BCUT2D eigenvalue weighted by Gasteiger charge is -2.24. The van der Waals surface area contributed by atoms with Crippen LogP contribution < -0.4 is 4.90 Å². The Balaban J connectivity index is 1.99. The van der Waals surface area contributed by atoms with Gasteiger partial charge in [-0.25, -0.2) is 0 Å². The first-order valence-corrected chi connectivity index (χ1v) is 8.39. The standard InChI is InChI=1S/C15H10Cl3NOS/c16-10-2-4-11(5-3-10)19-14(20)8-21-15(19)9-1-6-12(17)13(18)7-9/h1-7,15H,8H2/t15-/m1/s1. The second-order valence-corrected chi connectivity index (χ2v) is 6.90. The van der Waals surface area contributed by atoms with E-state index in [1.54, 1.807) is 34.9 Å². The van der Waals surface area contributed by atoms with Gasteiger partial charge in [0.25, 0.3) is 0 Å². The zero-order valence-corrected chi connectivity index (χ0v) is 13.8. The highest BCUT2D eigenvalue weighted by atomic mass is 35.5. The SMILES string of the molecule is O=C1CS[C@H](c2ccc(Cl)c(Cl)c2)N1c1ccc(Cl)cc1. The quantitative estimate of drug-likeness (QED) is 0.714. The molecule has 21 heavy (non-hydrogen) atoms. The lowest BCUT2D eigenvalue weighted by Crippen LogP contribution is -2.27. The van der Waals surface area contributed by atoms with E-state index in [0.717, 1.165) is 11.3 Å². The first kappa shape index (κ1) is 15.0. The maximum Gasteiger partial charge on any atom is 0.238 e. The van der Waals surface area contributed by atoms with Gasteiger partial charge in [-0.3, -0.25) is 9.69 Å². The molecule has 0 aliphatic carbocycles. The third-order valence-electron chi connectivity index (χ3n) is 3.20. The zero-order valence-electron chi connectivity index (χ0n) is 10.7. The lowest BCUT2D eigenvalue weighted by molar-refractivity contribution is -0.115. The molecule has 0 saturated carbocycles. The summed E-state index contributed by atoms with van der Waals surface area (Å²) in [6, 6.07) is 12.7. The molecule has 1 aliphatic rings. The van der Waals surface area contributed by atoms with Gasteiger partial charge in [0, 0.05) is 10.7 Å². The van der Waals surface area contributed by atoms with Crippen molar-refractivity contribution in [3.05, 3.63) is 63.1 Å². The second kappa shape index (κ2) is 6.09. The third-order valence-corrected chi connectivity index (χ3v) is 5.40. The average molecular weight is 359 g/mol. The van der Waals surface area contributed by atoms with Crippen molar-refractivity contribution in [1.29, 1.82) is 0 Å². The number of thioether (sulfide) groups is 1. The molecule has 6 heteroatoms. The number of rotatable bonds is 2. The van der Waals surface area contributed by atoms with Crippen molar-refractivity contribution in [2.45, 2.75) is 5.37 Å². The van der Waals surface area contributed by atoms with E-state index in [-0.39, 0.29) is 11.3 Å². The van der Waals surface area contributed by atoms with Gasteiger partial charge in [0.2, 0.25) is 5.91 Å². The van der Waals surface area contributed by atoms with Crippen LogP contribution in [0.1, 0.15) is 10.9 Å². The van der Waals surface area contributed by atoms with Crippen molar-refractivity contribution in [2.24, 2.45) is 0 Å². The topological polar surface area (TPSA) is 20.3 Å². The molecular weight excluding hydrogens is 349 g/mol. The van der Waals surface area contributed by atoms with Gasteiger partial charge in [-0.05, 0) is 42.0 Å². The van der Waals surface area contributed by atoms with Crippen molar-refractivity contribution >= 4 is 58.2 Å². The Bertz CT molecular complexity index is 690. The lowest BCUT2D eigenvalue weighted by atomic mass is 10.2. The van der Waals surface area contributed by atoms with Gasteiger partial charge in [-0.2, -0.15) is 0 Å². The number of carbonyl (C=O) groups excluding carboxylic acids is 1. The number of amides is 1. The molecule has 2 aromatic rings. The minimum Gasteiger partial charge on any atom is -0.295 e. The van der Waals surface area contributed by atoms with Gasteiger partial charge < -0.3 is 0 Å². The molecule has 1 aliphatic heterocycles. The van der Waals surface area contributed by atoms with Crippen LogP contribution in [0.4, 0.5) is 5.69 Å². The normalized spacial score (nSPS) is 18.3. The number of hydrogen-bond donors (Lipinski definition) is 0. The molecule has 0 N–H and O–H groups in total. The van der Waals surface area contributed by atoms with E-state index >= 15 is 0 Å². The Hall–Kier alpha value is -0.870. The summed E-state index contributed by atoms with van der Waals surface area (Å²) in [6.45, 7) is 0. The first-order valence-electron chi connectivity index (χ1n) is 6.20. The molecule has 0 spiro atoms. The summed E-state index contributed by atoms with van der Waals surface area (Å²) in [5, 5.41) is 1.54. The fourth-order valence-corrected chi connectivity index (χ4v) is 3.82. The van der Waals surface area contributed by atoms with Crippen LogP contribution in [0.2, 0.25) is 15.1 Å². The van der Waals surface area contributed by atoms with Crippen LogP contribution in [0.25, 0.3) is 0 Å². The minimum absolute atomic E-state index is 0.0680. The van der Waals surface area contributed by atoms with Gasteiger partial charge in [-0.15, -0.1) is 11.8 Å². The Labute approximate surface area is 142 Å². The third kappa shape index (κ3) is 3.02. The van der Waals surface area contributed by atoms with E-state index in [2.05, 4.69) is 0 Å². The second-order valence-electron chi connectivity index (χ2n) is 4.58. The summed E-state index contributed by atoms with van der Waals surface area (Å²) in [4.78, 5) is 14.0. The summed E-state index contributed by atoms with van der Waals surface area (Å²) in [5.41, 5.74) is 1.78. The van der Waals surface area contributed by atoms with E-state index in [1.807, 2.05) is 24.3 Å². The van der Waals surface area contributed by atoms with Crippen LogP contribution in [0, 0.1) is 0 Å². The van der Waals surface area contributed by atoms with E-state index < -0.39 is 0 Å².